The van der Waals surface area contributed by atoms with Crippen molar-refractivity contribution in [2.75, 3.05) is 7.11 Å². The molecular weight excluding hydrogens is 454 g/mol. The van der Waals surface area contributed by atoms with Crippen LogP contribution in [0.2, 0.25) is 5.02 Å². The number of carbonyl (C=O) groups is 1. The quantitative estimate of drug-likeness (QED) is 0.417. The van der Waals surface area contributed by atoms with Crippen molar-refractivity contribution in [3.05, 3.63) is 105 Å². The van der Waals surface area contributed by atoms with Crippen LogP contribution in [0.1, 0.15) is 29.2 Å². The number of carbonyl (C=O) groups excluding carboxylic acids is 1. The van der Waals surface area contributed by atoms with Crippen molar-refractivity contribution < 1.29 is 9.53 Å². The summed E-state index contributed by atoms with van der Waals surface area (Å²) in [6.07, 6.45) is 2.65. The zero-order valence-corrected chi connectivity index (χ0v) is 19.4. The first-order chi connectivity index (χ1) is 16.1. The predicted octanol–water partition coefficient (Wildman–Crippen LogP) is 6.81. The SMILES string of the molecule is COc1ccc([C@@H]2CC(c3ccccc3)=NN2C2=NC(=O)S/C2=C\c2ccc(Cl)cc2)cc1. The molecule has 5 nitrogen and oxygen atoms in total. The molecule has 1 atom stereocenters. The molecule has 0 spiro atoms. The van der Waals surface area contributed by atoms with Gasteiger partial charge in [0.15, 0.2) is 5.84 Å². The first-order valence-electron chi connectivity index (χ1n) is 10.4. The van der Waals surface area contributed by atoms with Gasteiger partial charge < -0.3 is 4.74 Å². The molecule has 0 saturated carbocycles. The lowest BCUT2D eigenvalue weighted by Crippen LogP contribution is -2.26. The van der Waals surface area contributed by atoms with Crippen LogP contribution in [-0.2, 0) is 0 Å². The van der Waals surface area contributed by atoms with Gasteiger partial charge in [-0.05, 0) is 58.8 Å². The zero-order chi connectivity index (χ0) is 22.8. The molecule has 2 aliphatic rings. The van der Waals surface area contributed by atoms with Gasteiger partial charge in [-0.2, -0.15) is 10.1 Å². The molecule has 0 N–H and O–H groups in total. The van der Waals surface area contributed by atoms with E-state index in [1.807, 2.05) is 89.9 Å². The summed E-state index contributed by atoms with van der Waals surface area (Å²) in [5.74, 6) is 1.35. The number of aliphatic imine (C=N–C) groups is 1. The van der Waals surface area contributed by atoms with Gasteiger partial charge in [0.05, 0.1) is 23.8 Å². The van der Waals surface area contributed by atoms with Crippen LogP contribution in [0.15, 0.2) is 93.9 Å². The Balaban J connectivity index is 1.55. The van der Waals surface area contributed by atoms with Crippen molar-refractivity contribution in [1.29, 1.82) is 0 Å². The number of nitrogens with zero attached hydrogens (tertiary/aromatic N) is 3. The van der Waals surface area contributed by atoms with Gasteiger partial charge in [0.2, 0.25) is 0 Å². The third-order valence-corrected chi connectivity index (χ3v) is 6.56. The lowest BCUT2D eigenvalue weighted by Gasteiger charge is -2.24. The standard InChI is InChI=1S/C26H20ClN3O2S/c1-32-21-13-9-19(10-14-21)23-16-22(18-5-3-2-4-6-18)29-30(23)25-24(33-26(31)28-25)15-17-7-11-20(27)12-8-17/h2-15,23H,16H2,1H3/b24-15-/t23-/m0/s1. The first kappa shape index (κ1) is 21.5. The number of rotatable bonds is 4. The van der Waals surface area contributed by atoms with Gasteiger partial charge in [-0.25, -0.2) is 5.01 Å². The summed E-state index contributed by atoms with van der Waals surface area (Å²) in [5, 5.41) is 7.24. The zero-order valence-electron chi connectivity index (χ0n) is 17.8. The number of amides is 1. The van der Waals surface area contributed by atoms with Crippen molar-refractivity contribution >= 4 is 46.2 Å². The van der Waals surface area contributed by atoms with Crippen LogP contribution in [-0.4, -0.2) is 28.9 Å². The van der Waals surface area contributed by atoms with E-state index in [4.69, 9.17) is 21.4 Å². The summed E-state index contributed by atoms with van der Waals surface area (Å²) >= 11 is 7.14. The maximum atomic E-state index is 12.4. The Morgan fingerprint density at radius 3 is 2.45 bits per heavy atom. The number of amidine groups is 1. The number of methoxy groups -OCH3 is 1. The van der Waals surface area contributed by atoms with Gasteiger partial charge in [-0.15, -0.1) is 0 Å². The Bertz CT molecular complexity index is 1270. The molecule has 164 valence electrons. The second-order valence-electron chi connectivity index (χ2n) is 7.61. The summed E-state index contributed by atoms with van der Waals surface area (Å²) in [6, 6.07) is 25.4. The molecule has 0 aromatic heterocycles. The minimum Gasteiger partial charge on any atom is -0.497 e. The number of hydrogen-bond donors (Lipinski definition) is 0. The highest BCUT2D eigenvalue weighted by Crippen LogP contribution is 2.39. The second kappa shape index (κ2) is 9.25. The summed E-state index contributed by atoms with van der Waals surface area (Å²) in [7, 11) is 1.65. The molecule has 0 radical (unpaired) electrons. The number of thioether (sulfide) groups is 1. The fraction of sp³-hybridized carbons (Fsp3) is 0.115. The molecule has 33 heavy (non-hydrogen) atoms. The first-order valence-corrected chi connectivity index (χ1v) is 11.6. The average Bonchev–Trinajstić information content (AvgIpc) is 3.44. The van der Waals surface area contributed by atoms with Crippen molar-refractivity contribution in [3.63, 3.8) is 0 Å². The fourth-order valence-corrected chi connectivity index (χ4v) is 4.74. The molecule has 0 fully saturated rings. The topological polar surface area (TPSA) is 54.3 Å². The van der Waals surface area contributed by atoms with Crippen molar-refractivity contribution in [2.45, 2.75) is 12.5 Å². The molecule has 5 rings (SSSR count). The summed E-state index contributed by atoms with van der Waals surface area (Å²) < 4.78 is 5.32. The highest BCUT2D eigenvalue weighted by Gasteiger charge is 2.36. The van der Waals surface area contributed by atoms with E-state index < -0.39 is 0 Å². The Labute approximate surface area is 201 Å². The monoisotopic (exact) mass is 473 g/mol. The van der Waals surface area contributed by atoms with E-state index in [2.05, 4.69) is 4.99 Å². The lowest BCUT2D eigenvalue weighted by atomic mass is 9.98. The number of hydrogen-bond acceptors (Lipinski definition) is 5. The Kier molecular flexibility index (Phi) is 6.03. The normalized spacial score (nSPS) is 19.1. The maximum absolute atomic E-state index is 12.4. The van der Waals surface area contributed by atoms with E-state index in [-0.39, 0.29) is 11.3 Å². The van der Waals surface area contributed by atoms with Crippen molar-refractivity contribution in [3.8, 4) is 5.75 Å². The summed E-state index contributed by atoms with van der Waals surface area (Å²) in [4.78, 5) is 17.5. The molecule has 2 aliphatic heterocycles. The Morgan fingerprint density at radius 2 is 1.76 bits per heavy atom. The van der Waals surface area contributed by atoms with E-state index in [1.165, 1.54) is 0 Å². The molecule has 0 saturated heterocycles. The van der Waals surface area contributed by atoms with Crippen LogP contribution in [0.3, 0.4) is 0 Å². The average molecular weight is 474 g/mol. The predicted molar refractivity (Wildman–Crippen MR) is 135 cm³/mol. The molecule has 3 aromatic rings. The van der Waals surface area contributed by atoms with E-state index in [9.17, 15) is 4.79 Å². The fourth-order valence-electron chi connectivity index (χ4n) is 3.87. The number of benzene rings is 3. The van der Waals surface area contributed by atoms with Gasteiger partial charge in [0, 0.05) is 11.4 Å². The second-order valence-corrected chi connectivity index (χ2v) is 9.04. The van der Waals surface area contributed by atoms with Crippen LogP contribution in [0, 0.1) is 0 Å². The smallest absolute Gasteiger partial charge is 0.311 e. The van der Waals surface area contributed by atoms with E-state index >= 15 is 0 Å². The van der Waals surface area contributed by atoms with Crippen molar-refractivity contribution in [2.24, 2.45) is 10.1 Å². The van der Waals surface area contributed by atoms with Gasteiger partial charge in [0.25, 0.3) is 0 Å². The Morgan fingerprint density at radius 1 is 1.03 bits per heavy atom. The lowest BCUT2D eigenvalue weighted by molar-refractivity contribution is 0.267. The third-order valence-electron chi connectivity index (χ3n) is 5.52. The Hall–Kier alpha value is -3.35. The molecule has 0 unspecified atom stereocenters. The maximum Gasteiger partial charge on any atom is 0.311 e. The highest BCUT2D eigenvalue weighted by molar-refractivity contribution is 8.18. The molecule has 3 aromatic carbocycles. The number of halogens is 1. The third kappa shape index (κ3) is 4.58. The number of ether oxygens (including phenoxy) is 1. The minimum atomic E-state index is -0.248. The highest BCUT2D eigenvalue weighted by atomic mass is 35.5. The van der Waals surface area contributed by atoms with Crippen LogP contribution >= 0.6 is 23.4 Å². The summed E-state index contributed by atoms with van der Waals surface area (Å²) in [6.45, 7) is 0. The van der Waals surface area contributed by atoms with Gasteiger partial charge in [0.1, 0.15) is 5.75 Å². The van der Waals surface area contributed by atoms with Gasteiger partial charge >= 0.3 is 5.24 Å². The minimum absolute atomic E-state index is 0.0926. The summed E-state index contributed by atoms with van der Waals surface area (Å²) in [5.41, 5.74) is 4.02. The number of hydrazone groups is 1. The van der Waals surface area contributed by atoms with Crippen LogP contribution in [0.5, 0.6) is 5.75 Å². The van der Waals surface area contributed by atoms with Gasteiger partial charge in [-0.3, -0.25) is 4.79 Å². The van der Waals surface area contributed by atoms with E-state index in [0.29, 0.717) is 17.3 Å². The molecular formula is C26H20ClN3O2S. The molecule has 7 heteroatoms. The molecule has 1 amide bonds. The van der Waals surface area contributed by atoms with Crippen LogP contribution in [0.4, 0.5) is 4.79 Å². The molecule has 2 heterocycles. The molecule has 0 bridgehead atoms. The molecule has 0 aliphatic carbocycles. The van der Waals surface area contributed by atoms with Crippen LogP contribution in [0.25, 0.3) is 6.08 Å². The van der Waals surface area contributed by atoms with Crippen molar-refractivity contribution in [1.82, 2.24) is 5.01 Å². The van der Waals surface area contributed by atoms with E-state index in [0.717, 1.165) is 44.8 Å². The van der Waals surface area contributed by atoms with Crippen LogP contribution < -0.4 is 4.74 Å². The largest absolute Gasteiger partial charge is 0.497 e. The van der Waals surface area contributed by atoms with E-state index in [1.54, 1.807) is 7.11 Å². The van der Waals surface area contributed by atoms with Gasteiger partial charge in [-0.1, -0.05) is 66.2 Å².